The van der Waals surface area contributed by atoms with Crippen LogP contribution in [-0.4, -0.2) is 5.88 Å². The van der Waals surface area contributed by atoms with E-state index in [0.29, 0.717) is 5.92 Å². The summed E-state index contributed by atoms with van der Waals surface area (Å²) in [6.45, 7) is 4.28. The Bertz CT molecular complexity index is 225. The molecule has 0 aliphatic heterocycles. The molecule has 0 amide bonds. The number of hydrogen-bond acceptors (Lipinski definition) is 0. The van der Waals surface area contributed by atoms with E-state index >= 15 is 0 Å². The first-order chi connectivity index (χ1) is 5.72. The normalized spacial score (nSPS) is 12.9. The summed E-state index contributed by atoms with van der Waals surface area (Å²) in [6, 6.07) is 8.66. The van der Waals surface area contributed by atoms with Gasteiger partial charge in [0.05, 0.1) is 0 Å². The van der Waals surface area contributed by atoms with Gasteiger partial charge in [-0.15, -0.1) is 11.6 Å². The predicted molar refractivity (Wildman–Crippen MR) is 54.8 cm³/mol. The number of halogens is 1. The second kappa shape index (κ2) is 4.51. The maximum absolute atomic E-state index is 5.73. The average Bonchev–Trinajstić information content (AvgIpc) is 2.09. The van der Waals surface area contributed by atoms with Crippen molar-refractivity contribution in [3.63, 3.8) is 0 Å². The van der Waals surface area contributed by atoms with Gasteiger partial charge in [-0.3, -0.25) is 0 Å². The molecule has 1 atom stereocenters. The average molecular weight is 183 g/mol. The second-order valence-electron chi connectivity index (χ2n) is 3.45. The van der Waals surface area contributed by atoms with E-state index in [1.165, 1.54) is 11.1 Å². The minimum absolute atomic E-state index is 0.578. The van der Waals surface area contributed by atoms with Crippen LogP contribution in [0.5, 0.6) is 0 Å². The molecule has 0 saturated heterocycles. The third kappa shape index (κ3) is 2.86. The van der Waals surface area contributed by atoms with E-state index in [2.05, 4.69) is 38.1 Å². The molecule has 1 aromatic rings. The molecule has 0 aromatic heterocycles. The quantitative estimate of drug-likeness (QED) is 0.629. The first-order valence-corrected chi connectivity index (χ1v) is 4.87. The number of aryl methyl sites for hydroxylation is 1. The summed E-state index contributed by atoms with van der Waals surface area (Å²) in [6.07, 6.45) is 1.09. The van der Waals surface area contributed by atoms with Crippen LogP contribution in [0, 0.1) is 12.8 Å². The Hall–Kier alpha value is -0.490. The Balaban J connectivity index is 2.58. The van der Waals surface area contributed by atoms with Gasteiger partial charge in [0.15, 0.2) is 0 Å². The molecule has 0 N–H and O–H groups in total. The van der Waals surface area contributed by atoms with Crippen molar-refractivity contribution in [2.24, 2.45) is 5.92 Å². The van der Waals surface area contributed by atoms with Crippen molar-refractivity contribution in [3.05, 3.63) is 35.4 Å². The van der Waals surface area contributed by atoms with Crippen LogP contribution in [0.3, 0.4) is 0 Å². The molecule has 0 radical (unpaired) electrons. The molecule has 1 unspecified atom stereocenters. The zero-order chi connectivity index (χ0) is 8.97. The number of benzene rings is 1. The number of rotatable bonds is 3. The number of alkyl halides is 1. The number of hydrogen-bond donors (Lipinski definition) is 0. The largest absolute Gasteiger partial charge is 0.126 e. The zero-order valence-corrected chi connectivity index (χ0v) is 8.43. The SMILES string of the molecule is Cc1ccc(CC(C)CCl)cc1. The van der Waals surface area contributed by atoms with Gasteiger partial charge in [-0.25, -0.2) is 0 Å². The highest BCUT2D eigenvalue weighted by Crippen LogP contribution is 2.10. The molecule has 66 valence electrons. The summed E-state index contributed by atoms with van der Waals surface area (Å²) in [5.41, 5.74) is 2.70. The van der Waals surface area contributed by atoms with Crippen LogP contribution >= 0.6 is 11.6 Å². The second-order valence-corrected chi connectivity index (χ2v) is 3.76. The van der Waals surface area contributed by atoms with E-state index in [-0.39, 0.29) is 0 Å². The molecule has 1 rings (SSSR count). The third-order valence-electron chi connectivity index (χ3n) is 1.97. The summed E-state index contributed by atoms with van der Waals surface area (Å²) in [4.78, 5) is 0. The molecule has 0 heterocycles. The summed E-state index contributed by atoms with van der Waals surface area (Å²) >= 11 is 5.73. The van der Waals surface area contributed by atoms with Crippen LogP contribution < -0.4 is 0 Å². The van der Waals surface area contributed by atoms with Crippen molar-refractivity contribution in [2.45, 2.75) is 20.3 Å². The van der Waals surface area contributed by atoms with Crippen molar-refractivity contribution < 1.29 is 0 Å². The maximum Gasteiger partial charge on any atom is 0.0252 e. The molecular weight excluding hydrogens is 168 g/mol. The van der Waals surface area contributed by atoms with Gasteiger partial charge in [0.2, 0.25) is 0 Å². The monoisotopic (exact) mass is 182 g/mol. The van der Waals surface area contributed by atoms with E-state index in [9.17, 15) is 0 Å². The van der Waals surface area contributed by atoms with E-state index in [1.807, 2.05) is 0 Å². The van der Waals surface area contributed by atoms with Crippen LogP contribution in [0.1, 0.15) is 18.1 Å². The lowest BCUT2D eigenvalue weighted by Crippen LogP contribution is -2.00. The van der Waals surface area contributed by atoms with Crippen molar-refractivity contribution in [1.29, 1.82) is 0 Å². The van der Waals surface area contributed by atoms with Gasteiger partial charge < -0.3 is 0 Å². The molecule has 0 bridgehead atoms. The highest BCUT2D eigenvalue weighted by Gasteiger charge is 2.00. The summed E-state index contributed by atoms with van der Waals surface area (Å²) in [5.74, 6) is 1.32. The van der Waals surface area contributed by atoms with E-state index in [1.54, 1.807) is 0 Å². The fourth-order valence-electron chi connectivity index (χ4n) is 1.18. The van der Waals surface area contributed by atoms with Gasteiger partial charge >= 0.3 is 0 Å². The molecule has 0 aliphatic rings. The Morgan fingerprint density at radius 3 is 2.33 bits per heavy atom. The molecule has 0 fully saturated rings. The minimum atomic E-state index is 0.578. The molecular formula is C11H15Cl. The lowest BCUT2D eigenvalue weighted by molar-refractivity contribution is 0.654. The molecule has 0 saturated carbocycles. The standard InChI is InChI=1S/C11H15Cl/c1-9-3-5-11(6-4-9)7-10(2)8-12/h3-6,10H,7-8H2,1-2H3. The van der Waals surface area contributed by atoms with Crippen molar-refractivity contribution in [3.8, 4) is 0 Å². The third-order valence-corrected chi connectivity index (χ3v) is 2.50. The Morgan fingerprint density at radius 1 is 1.25 bits per heavy atom. The van der Waals surface area contributed by atoms with Gasteiger partial charge in [0.1, 0.15) is 0 Å². The van der Waals surface area contributed by atoms with Gasteiger partial charge in [0, 0.05) is 5.88 Å². The van der Waals surface area contributed by atoms with Crippen molar-refractivity contribution >= 4 is 11.6 Å². The predicted octanol–water partition coefficient (Wildman–Crippen LogP) is 3.41. The fourth-order valence-corrected chi connectivity index (χ4v) is 1.29. The van der Waals surface area contributed by atoms with Crippen LogP contribution in [-0.2, 0) is 6.42 Å². The van der Waals surface area contributed by atoms with E-state index < -0.39 is 0 Å². The molecule has 1 aromatic carbocycles. The first-order valence-electron chi connectivity index (χ1n) is 4.34. The van der Waals surface area contributed by atoms with E-state index in [0.717, 1.165) is 12.3 Å². The Morgan fingerprint density at radius 2 is 1.83 bits per heavy atom. The van der Waals surface area contributed by atoms with Crippen LogP contribution in [0.15, 0.2) is 24.3 Å². The Labute approximate surface area is 79.6 Å². The molecule has 0 aliphatic carbocycles. The van der Waals surface area contributed by atoms with Crippen molar-refractivity contribution in [1.82, 2.24) is 0 Å². The van der Waals surface area contributed by atoms with Gasteiger partial charge in [-0.1, -0.05) is 36.8 Å². The van der Waals surface area contributed by atoms with Gasteiger partial charge in [-0.2, -0.15) is 0 Å². The van der Waals surface area contributed by atoms with Crippen LogP contribution in [0.4, 0.5) is 0 Å². The highest BCUT2D eigenvalue weighted by atomic mass is 35.5. The lowest BCUT2D eigenvalue weighted by atomic mass is 10.0. The summed E-state index contributed by atoms with van der Waals surface area (Å²) < 4.78 is 0. The summed E-state index contributed by atoms with van der Waals surface area (Å²) in [5, 5.41) is 0. The molecule has 12 heavy (non-hydrogen) atoms. The Kier molecular flexibility index (Phi) is 3.61. The van der Waals surface area contributed by atoms with E-state index in [4.69, 9.17) is 11.6 Å². The maximum atomic E-state index is 5.73. The smallest absolute Gasteiger partial charge is 0.0252 e. The van der Waals surface area contributed by atoms with Crippen LogP contribution in [0.25, 0.3) is 0 Å². The molecule has 1 heteroatoms. The van der Waals surface area contributed by atoms with Crippen LogP contribution in [0.2, 0.25) is 0 Å². The highest BCUT2D eigenvalue weighted by molar-refractivity contribution is 6.18. The molecule has 0 nitrogen and oxygen atoms in total. The topological polar surface area (TPSA) is 0 Å². The summed E-state index contributed by atoms with van der Waals surface area (Å²) in [7, 11) is 0. The molecule has 0 spiro atoms. The minimum Gasteiger partial charge on any atom is -0.126 e. The zero-order valence-electron chi connectivity index (χ0n) is 7.68. The van der Waals surface area contributed by atoms with Gasteiger partial charge in [0.25, 0.3) is 0 Å². The van der Waals surface area contributed by atoms with Crippen molar-refractivity contribution in [2.75, 3.05) is 5.88 Å². The van der Waals surface area contributed by atoms with Gasteiger partial charge in [-0.05, 0) is 24.8 Å². The lowest BCUT2D eigenvalue weighted by Gasteiger charge is -2.06. The fraction of sp³-hybridized carbons (Fsp3) is 0.455. The first kappa shape index (κ1) is 9.60.